The molecule has 0 heterocycles. The van der Waals surface area contributed by atoms with Crippen LogP contribution < -0.4 is 10.1 Å². The monoisotopic (exact) mass is 391 g/mol. The molecule has 0 aromatic heterocycles. The lowest BCUT2D eigenvalue weighted by atomic mass is 10.0. The van der Waals surface area contributed by atoms with Crippen molar-refractivity contribution in [1.29, 1.82) is 0 Å². The molecule has 4 atom stereocenters. The topological polar surface area (TPSA) is 189 Å². The van der Waals surface area contributed by atoms with Crippen LogP contribution in [0.25, 0.3) is 0 Å². The molecule has 0 unspecified atom stereocenters. The van der Waals surface area contributed by atoms with Gasteiger partial charge >= 0.3 is 0 Å². The van der Waals surface area contributed by atoms with Crippen LogP contribution in [0, 0.1) is 0 Å². The van der Waals surface area contributed by atoms with Gasteiger partial charge in [-0.1, -0.05) is 0 Å². The number of nitrogens with one attached hydrogen (secondary N) is 2. The van der Waals surface area contributed by atoms with Crippen LogP contribution >= 0.6 is 0 Å². The number of hydrazone groups is 1. The number of hydrogen-bond acceptors (Lipinski definition) is 9. The van der Waals surface area contributed by atoms with Crippen molar-refractivity contribution in [2.75, 3.05) is 11.9 Å². The van der Waals surface area contributed by atoms with Crippen LogP contribution in [0.4, 0.5) is 5.69 Å². The van der Waals surface area contributed by atoms with E-state index in [0.29, 0.717) is 11.9 Å². The highest BCUT2D eigenvalue weighted by Gasteiger charge is 2.29. The van der Waals surface area contributed by atoms with Crippen LogP contribution in [0.5, 0.6) is 0 Å². The van der Waals surface area contributed by atoms with Gasteiger partial charge in [0.1, 0.15) is 24.4 Å². The second-order valence-electron chi connectivity index (χ2n) is 5.30. The second-order valence-corrected chi connectivity index (χ2v) is 6.96. The first-order valence-corrected chi connectivity index (χ1v) is 8.82. The van der Waals surface area contributed by atoms with E-state index in [1.807, 2.05) is 0 Å². The first-order chi connectivity index (χ1) is 12.1. The summed E-state index contributed by atoms with van der Waals surface area (Å²) in [5, 5.41) is 52.2. The minimum atomic E-state index is -4.07. The average molecular weight is 391 g/mol. The standard InChI is InChI=1S/C14H21N3O8S/c1-8(19)16-9-2-4-10(5-3-9)26(24,25)17-15-6-11(20)13(22)14(23)12(21)7-18/h2-6,11-14,17-18,20-23H,7H2,1H3,(H,16,19)/t11-,12-,13-,14-/m1/s1. The lowest BCUT2D eigenvalue weighted by molar-refractivity contribution is -0.114. The maximum absolute atomic E-state index is 12.0. The van der Waals surface area contributed by atoms with Crippen LogP contribution in [-0.4, -0.2) is 77.1 Å². The molecule has 0 fully saturated rings. The smallest absolute Gasteiger partial charge is 0.276 e. The Hall–Kier alpha value is -2.09. The van der Waals surface area contributed by atoms with Gasteiger partial charge in [0.05, 0.1) is 17.7 Å². The third-order valence-electron chi connectivity index (χ3n) is 3.17. The highest BCUT2D eigenvalue weighted by atomic mass is 32.2. The number of amides is 1. The lowest BCUT2D eigenvalue weighted by Gasteiger charge is -2.23. The summed E-state index contributed by atoms with van der Waals surface area (Å²) in [5.74, 6) is -0.315. The summed E-state index contributed by atoms with van der Waals surface area (Å²) in [6, 6.07) is 5.17. The number of aliphatic hydroxyl groups excluding tert-OH is 5. The van der Waals surface area contributed by atoms with Gasteiger partial charge in [-0.05, 0) is 24.3 Å². The fraction of sp³-hybridized carbons (Fsp3) is 0.429. The minimum absolute atomic E-state index is 0.172. The highest BCUT2D eigenvalue weighted by molar-refractivity contribution is 7.89. The first-order valence-electron chi connectivity index (χ1n) is 7.34. The Morgan fingerprint density at radius 1 is 1.15 bits per heavy atom. The maximum Gasteiger partial charge on any atom is 0.276 e. The molecule has 26 heavy (non-hydrogen) atoms. The fourth-order valence-corrected chi connectivity index (χ4v) is 2.57. The van der Waals surface area contributed by atoms with Gasteiger partial charge in [-0.15, -0.1) is 0 Å². The molecule has 1 aromatic rings. The molecule has 0 aliphatic carbocycles. The Bertz CT molecular complexity index is 722. The van der Waals surface area contributed by atoms with E-state index < -0.39 is 41.0 Å². The van der Waals surface area contributed by atoms with Crippen LogP contribution in [-0.2, 0) is 14.8 Å². The summed E-state index contributed by atoms with van der Waals surface area (Å²) in [6.45, 7) is 0.459. The quantitative estimate of drug-likeness (QED) is 0.175. The Morgan fingerprint density at radius 2 is 1.73 bits per heavy atom. The normalized spacial score (nSPS) is 16.7. The van der Waals surface area contributed by atoms with Gasteiger partial charge in [-0.2, -0.15) is 13.5 Å². The summed E-state index contributed by atoms with van der Waals surface area (Å²) in [6.07, 6.45) is -6.65. The highest BCUT2D eigenvalue weighted by Crippen LogP contribution is 2.14. The number of nitrogens with zero attached hydrogens (tertiary/aromatic N) is 1. The van der Waals surface area contributed by atoms with E-state index >= 15 is 0 Å². The minimum Gasteiger partial charge on any atom is -0.394 e. The number of aliphatic hydroxyl groups is 5. The molecular formula is C14H21N3O8S. The van der Waals surface area contributed by atoms with Gasteiger partial charge in [0.2, 0.25) is 5.91 Å². The summed E-state index contributed by atoms with van der Waals surface area (Å²) in [7, 11) is -4.07. The van der Waals surface area contributed by atoms with Gasteiger partial charge in [0.25, 0.3) is 10.0 Å². The molecule has 0 spiro atoms. The van der Waals surface area contributed by atoms with Gasteiger partial charge in [-0.25, -0.2) is 4.83 Å². The van der Waals surface area contributed by atoms with Gasteiger partial charge in [0, 0.05) is 12.6 Å². The van der Waals surface area contributed by atoms with Crippen molar-refractivity contribution in [1.82, 2.24) is 4.83 Å². The van der Waals surface area contributed by atoms with Crippen LogP contribution in [0.3, 0.4) is 0 Å². The van der Waals surface area contributed by atoms with Gasteiger partial charge < -0.3 is 30.8 Å². The van der Waals surface area contributed by atoms with E-state index in [1.165, 1.54) is 31.2 Å². The van der Waals surface area contributed by atoms with E-state index in [1.54, 1.807) is 4.83 Å². The number of rotatable bonds is 9. The number of anilines is 1. The molecular weight excluding hydrogens is 370 g/mol. The van der Waals surface area contributed by atoms with Crippen molar-refractivity contribution >= 4 is 27.8 Å². The number of carbonyl (C=O) groups is 1. The SMILES string of the molecule is CC(=O)Nc1ccc(S(=O)(=O)NN=C[C@@H](O)[C@@H](O)[C@H](O)[C@H](O)CO)cc1. The lowest BCUT2D eigenvalue weighted by Crippen LogP contribution is -2.46. The zero-order chi connectivity index (χ0) is 19.9. The molecule has 1 amide bonds. The third kappa shape index (κ3) is 6.33. The molecule has 0 radical (unpaired) electrons. The Kier molecular flexibility index (Phi) is 8.08. The Morgan fingerprint density at radius 3 is 2.23 bits per heavy atom. The zero-order valence-electron chi connectivity index (χ0n) is 13.7. The molecule has 12 heteroatoms. The molecule has 11 nitrogen and oxygen atoms in total. The first kappa shape index (κ1) is 22.0. The van der Waals surface area contributed by atoms with E-state index in [0.717, 1.165) is 0 Å². The van der Waals surface area contributed by atoms with Gasteiger partial charge in [0.15, 0.2) is 0 Å². The molecule has 1 aromatic carbocycles. The Balaban J connectivity index is 2.72. The van der Waals surface area contributed by atoms with E-state index in [-0.39, 0.29) is 10.8 Å². The van der Waals surface area contributed by atoms with E-state index in [2.05, 4.69) is 10.4 Å². The van der Waals surface area contributed by atoms with Crippen molar-refractivity contribution in [3.05, 3.63) is 24.3 Å². The van der Waals surface area contributed by atoms with E-state index in [4.69, 9.17) is 5.11 Å². The van der Waals surface area contributed by atoms with Crippen molar-refractivity contribution in [3.63, 3.8) is 0 Å². The predicted molar refractivity (Wildman–Crippen MR) is 90.7 cm³/mol. The zero-order valence-corrected chi connectivity index (χ0v) is 14.5. The molecule has 146 valence electrons. The third-order valence-corrected chi connectivity index (χ3v) is 4.40. The second kappa shape index (κ2) is 9.56. The molecule has 0 saturated heterocycles. The van der Waals surface area contributed by atoms with E-state index in [9.17, 15) is 33.6 Å². The summed E-state index contributed by atoms with van der Waals surface area (Å²) < 4.78 is 24.1. The summed E-state index contributed by atoms with van der Waals surface area (Å²) in [4.78, 5) is 12.5. The van der Waals surface area contributed by atoms with Crippen LogP contribution in [0.1, 0.15) is 6.92 Å². The van der Waals surface area contributed by atoms with Crippen molar-refractivity contribution in [3.8, 4) is 0 Å². The largest absolute Gasteiger partial charge is 0.394 e. The number of carbonyl (C=O) groups excluding carboxylic acids is 1. The number of benzene rings is 1. The Labute approximate surface area is 149 Å². The molecule has 0 aliphatic rings. The average Bonchev–Trinajstić information content (AvgIpc) is 2.59. The molecule has 0 bridgehead atoms. The summed E-state index contributed by atoms with van der Waals surface area (Å²) >= 11 is 0. The predicted octanol–water partition coefficient (Wildman–Crippen LogP) is -2.65. The fourth-order valence-electron chi connectivity index (χ4n) is 1.78. The molecule has 7 N–H and O–H groups in total. The number of sulfonamides is 1. The van der Waals surface area contributed by atoms with Crippen LogP contribution in [0.2, 0.25) is 0 Å². The molecule has 0 saturated carbocycles. The molecule has 1 rings (SSSR count). The summed E-state index contributed by atoms with van der Waals surface area (Å²) in [5.41, 5.74) is 0.398. The van der Waals surface area contributed by atoms with Crippen molar-refractivity contribution in [2.45, 2.75) is 36.2 Å². The number of hydrogen-bond donors (Lipinski definition) is 7. The van der Waals surface area contributed by atoms with Crippen molar-refractivity contribution < 1.29 is 38.7 Å². The van der Waals surface area contributed by atoms with Gasteiger partial charge in [-0.3, -0.25) is 4.79 Å². The maximum atomic E-state index is 12.0. The molecule has 0 aliphatic heterocycles. The van der Waals surface area contributed by atoms with Crippen LogP contribution in [0.15, 0.2) is 34.3 Å². The van der Waals surface area contributed by atoms with Crippen molar-refractivity contribution in [2.24, 2.45) is 5.10 Å².